The summed E-state index contributed by atoms with van der Waals surface area (Å²) in [6, 6.07) is 14.4. The number of aliphatic hydroxyl groups excluding tert-OH is 1. The Hall–Kier alpha value is -1.55. The van der Waals surface area contributed by atoms with Crippen molar-refractivity contribution in [2.75, 3.05) is 6.54 Å². The van der Waals surface area contributed by atoms with Crippen molar-refractivity contribution in [3.8, 4) is 5.75 Å². The van der Waals surface area contributed by atoms with Gasteiger partial charge in [0, 0.05) is 23.7 Å². The topological polar surface area (TPSA) is 52.5 Å². The van der Waals surface area contributed by atoms with Crippen LogP contribution in [0.2, 0.25) is 5.02 Å². The standard InChI is InChI=1S/C15H16ClNO2/c16-13-6-7-14(18)12(8-13)9-17-10-15(19)11-4-2-1-3-5-11/h1-8,15,17-19H,9-10H2. The van der Waals surface area contributed by atoms with Crippen LogP contribution >= 0.6 is 11.6 Å². The summed E-state index contributed by atoms with van der Waals surface area (Å²) >= 11 is 5.87. The fourth-order valence-corrected chi connectivity index (χ4v) is 2.03. The van der Waals surface area contributed by atoms with E-state index in [1.807, 2.05) is 30.3 Å². The fourth-order valence-electron chi connectivity index (χ4n) is 1.83. The van der Waals surface area contributed by atoms with Crippen molar-refractivity contribution in [2.45, 2.75) is 12.6 Å². The van der Waals surface area contributed by atoms with Crippen LogP contribution in [-0.4, -0.2) is 16.8 Å². The number of aromatic hydroxyl groups is 1. The van der Waals surface area contributed by atoms with Crippen LogP contribution in [0.1, 0.15) is 17.2 Å². The Balaban J connectivity index is 1.88. The number of hydrogen-bond acceptors (Lipinski definition) is 3. The lowest BCUT2D eigenvalue weighted by atomic mass is 10.1. The normalized spacial score (nSPS) is 12.3. The zero-order valence-electron chi connectivity index (χ0n) is 10.4. The first-order chi connectivity index (χ1) is 9.16. The molecule has 0 saturated carbocycles. The van der Waals surface area contributed by atoms with Crippen LogP contribution in [0.15, 0.2) is 48.5 Å². The van der Waals surface area contributed by atoms with Crippen LogP contribution in [0.5, 0.6) is 5.75 Å². The molecular weight excluding hydrogens is 262 g/mol. The molecule has 0 aliphatic carbocycles. The summed E-state index contributed by atoms with van der Waals surface area (Å²) in [4.78, 5) is 0. The Morgan fingerprint density at radius 1 is 1.11 bits per heavy atom. The minimum absolute atomic E-state index is 0.200. The second-order valence-corrected chi connectivity index (χ2v) is 4.77. The van der Waals surface area contributed by atoms with Gasteiger partial charge in [0.25, 0.3) is 0 Å². The molecule has 3 N–H and O–H groups in total. The van der Waals surface area contributed by atoms with E-state index < -0.39 is 6.10 Å². The third-order valence-corrected chi connectivity index (χ3v) is 3.11. The summed E-state index contributed by atoms with van der Waals surface area (Å²) in [5.74, 6) is 0.200. The van der Waals surface area contributed by atoms with Crippen molar-refractivity contribution < 1.29 is 10.2 Å². The van der Waals surface area contributed by atoms with Gasteiger partial charge in [-0.15, -0.1) is 0 Å². The molecular formula is C15H16ClNO2. The highest BCUT2D eigenvalue weighted by atomic mass is 35.5. The quantitative estimate of drug-likeness (QED) is 0.788. The number of nitrogens with one attached hydrogen (secondary N) is 1. The predicted molar refractivity (Wildman–Crippen MR) is 76.2 cm³/mol. The SMILES string of the molecule is Oc1ccc(Cl)cc1CNCC(O)c1ccccc1. The van der Waals surface area contributed by atoms with Crippen molar-refractivity contribution >= 4 is 11.6 Å². The van der Waals surface area contributed by atoms with Crippen LogP contribution in [0.25, 0.3) is 0 Å². The van der Waals surface area contributed by atoms with Gasteiger partial charge in [-0.25, -0.2) is 0 Å². The molecule has 2 aromatic carbocycles. The summed E-state index contributed by atoms with van der Waals surface area (Å²) in [7, 11) is 0. The molecule has 100 valence electrons. The molecule has 0 saturated heterocycles. The molecule has 19 heavy (non-hydrogen) atoms. The summed E-state index contributed by atoms with van der Waals surface area (Å²) in [5, 5.41) is 23.3. The third kappa shape index (κ3) is 3.96. The molecule has 2 rings (SSSR count). The van der Waals surface area contributed by atoms with E-state index in [4.69, 9.17) is 11.6 Å². The van der Waals surface area contributed by atoms with E-state index in [1.165, 1.54) is 0 Å². The summed E-state index contributed by atoms with van der Waals surface area (Å²) in [6.45, 7) is 0.867. The lowest BCUT2D eigenvalue weighted by molar-refractivity contribution is 0.174. The first kappa shape index (κ1) is 13.9. The largest absolute Gasteiger partial charge is 0.508 e. The van der Waals surface area contributed by atoms with E-state index in [1.54, 1.807) is 18.2 Å². The number of benzene rings is 2. The van der Waals surface area contributed by atoms with E-state index in [2.05, 4.69) is 5.32 Å². The monoisotopic (exact) mass is 277 g/mol. The lowest BCUT2D eigenvalue weighted by Gasteiger charge is -2.12. The molecule has 4 heteroatoms. The molecule has 0 spiro atoms. The van der Waals surface area contributed by atoms with Gasteiger partial charge < -0.3 is 15.5 Å². The van der Waals surface area contributed by atoms with Crippen LogP contribution in [0.4, 0.5) is 0 Å². The van der Waals surface area contributed by atoms with Crippen molar-refractivity contribution in [1.82, 2.24) is 5.32 Å². The Labute approximate surface area is 117 Å². The number of phenolic OH excluding ortho intramolecular Hbond substituents is 1. The summed E-state index contributed by atoms with van der Waals surface area (Å²) in [5.41, 5.74) is 1.58. The molecule has 0 fully saturated rings. The number of aliphatic hydroxyl groups is 1. The Morgan fingerprint density at radius 3 is 2.58 bits per heavy atom. The van der Waals surface area contributed by atoms with E-state index in [-0.39, 0.29) is 5.75 Å². The van der Waals surface area contributed by atoms with Gasteiger partial charge >= 0.3 is 0 Å². The van der Waals surface area contributed by atoms with E-state index >= 15 is 0 Å². The molecule has 1 atom stereocenters. The van der Waals surface area contributed by atoms with Gasteiger partial charge in [-0.2, -0.15) is 0 Å². The number of rotatable bonds is 5. The fraction of sp³-hybridized carbons (Fsp3) is 0.200. The number of hydrogen-bond donors (Lipinski definition) is 3. The van der Waals surface area contributed by atoms with Crippen LogP contribution in [0.3, 0.4) is 0 Å². The molecule has 0 amide bonds. The minimum Gasteiger partial charge on any atom is -0.508 e. The predicted octanol–water partition coefficient (Wildman–Crippen LogP) is 2.87. The summed E-state index contributed by atoms with van der Waals surface area (Å²) in [6.07, 6.45) is -0.567. The van der Waals surface area contributed by atoms with Crippen molar-refractivity contribution in [3.63, 3.8) is 0 Å². The highest BCUT2D eigenvalue weighted by Gasteiger charge is 2.07. The molecule has 0 aliphatic heterocycles. The highest BCUT2D eigenvalue weighted by molar-refractivity contribution is 6.30. The van der Waals surface area contributed by atoms with Crippen molar-refractivity contribution in [1.29, 1.82) is 0 Å². The average molecular weight is 278 g/mol. The van der Waals surface area contributed by atoms with E-state index in [9.17, 15) is 10.2 Å². The lowest BCUT2D eigenvalue weighted by Crippen LogP contribution is -2.21. The molecule has 0 radical (unpaired) electrons. The van der Waals surface area contributed by atoms with E-state index in [0.29, 0.717) is 23.7 Å². The molecule has 0 aromatic heterocycles. The first-order valence-electron chi connectivity index (χ1n) is 6.08. The molecule has 0 aliphatic rings. The Kier molecular flexibility index (Phi) is 4.80. The van der Waals surface area contributed by atoms with Crippen molar-refractivity contribution in [2.24, 2.45) is 0 Å². The van der Waals surface area contributed by atoms with Gasteiger partial charge in [-0.3, -0.25) is 0 Å². The van der Waals surface area contributed by atoms with Crippen LogP contribution in [0, 0.1) is 0 Å². The molecule has 0 bridgehead atoms. The first-order valence-corrected chi connectivity index (χ1v) is 6.46. The molecule has 3 nitrogen and oxygen atoms in total. The van der Waals surface area contributed by atoms with Crippen LogP contribution in [-0.2, 0) is 6.54 Å². The number of phenols is 1. The smallest absolute Gasteiger partial charge is 0.120 e. The molecule has 1 unspecified atom stereocenters. The maximum absolute atomic E-state index is 9.97. The van der Waals surface area contributed by atoms with Crippen LogP contribution < -0.4 is 5.32 Å². The van der Waals surface area contributed by atoms with Gasteiger partial charge in [-0.05, 0) is 23.8 Å². The Bertz CT molecular complexity index is 531. The van der Waals surface area contributed by atoms with Gasteiger partial charge in [0.1, 0.15) is 5.75 Å². The maximum atomic E-state index is 9.97. The minimum atomic E-state index is -0.567. The average Bonchev–Trinajstić information content (AvgIpc) is 2.43. The molecule has 2 aromatic rings. The van der Waals surface area contributed by atoms with E-state index in [0.717, 1.165) is 5.56 Å². The van der Waals surface area contributed by atoms with Gasteiger partial charge in [0.2, 0.25) is 0 Å². The third-order valence-electron chi connectivity index (χ3n) is 2.88. The maximum Gasteiger partial charge on any atom is 0.120 e. The second-order valence-electron chi connectivity index (χ2n) is 4.33. The number of halogens is 1. The zero-order chi connectivity index (χ0) is 13.7. The summed E-state index contributed by atoms with van der Waals surface area (Å²) < 4.78 is 0. The van der Waals surface area contributed by atoms with Gasteiger partial charge in [-0.1, -0.05) is 41.9 Å². The van der Waals surface area contributed by atoms with Gasteiger partial charge in [0.15, 0.2) is 0 Å². The molecule has 0 heterocycles. The zero-order valence-corrected chi connectivity index (χ0v) is 11.1. The Morgan fingerprint density at radius 2 is 1.84 bits per heavy atom. The van der Waals surface area contributed by atoms with Gasteiger partial charge in [0.05, 0.1) is 6.10 Å². The van der Waals surface area contributed by atoms with Crippen molar-refractivity contribution in [3.05, 3.63) is 64.7 Å². The second kappa shape index (κ2) is 6.57. The highest BCUT2D eigenvalue weighted by Crippen LogP contribution is 2.21.